The summed E-state index contributed by atoms with van der Waals surface area (Å²) in [6.45, 7) is 1.94. The molecular weight excluding hydrogens is 383 g/mol. The Kier molecular flexibility index (Phi) is 9.03. The van der Waals surface area contributed by atoms with Crippen LogP contribution in [0.5, 0.6) is 0 Å². The fourth-order valence-electron chi connectivity index (χ4n) is 3.23. The fraction of sp³-hybridized carbons (Fsp3) is 0.400. The lowest BCUT2D eigenvalue weighted by Gasteiger charge is -2.31. The maximum Gasteiger partial charge on any atom is 0.255 e. The molecule has 1 aromatic heterocycles. The van der Waals surface area contributed by atoms with Crippen molar-refractivity contribution in [2.24, 2.45) is 0 Å². The third-order valence-electron chi connectivity index (χ3n) is 4.88. The van der Waals surface area contributed by atoms with E-state index in [-0.39, 0.29) is 30.7 Å². The molecule has 0 radical (unpaired) electrons. The predicted octanol–water partition coefficient (Wildman–Crippen LogP) is 3.48. The minimum Gasteiger partial charge on any atom is -0.378 e. The highest BCUT2D eigenvalue weighted by atomic mass is 35.5. The average Bonchev–Trinajstić information content (AvgIpc) is 2.67. The van der Waals surface area contributed by atoms with Gasteiger partial charge in [0, 0.05) is 50.8 Å². The van der Waals surface area contributed by atoms with Crippen LogP contribution in [0.3, 0.4) is 0 Å². The molecule has 3 rings (SSSR count). The van der Waals surface area contributed by atoms with Gasteiger partial charge in [-0.25, -0.2) is 0 Å². The molecule has 2 heterocycles. The van der Waals surface area contributed by atoms with Gasteiger partial charge in [-0.15, -0.1) is 24.8 Å². The lowest BCUT2D eigenvalue weighted by molar-refractivity contribution is 0.0703. The van der Waals surface area contributed by atoms with Crippen LogP contribution in [0, 0.1) is 0 Å². The Morgan fingerprint density at radius 3 is 2.22 bits per heavy atom. The molecule has 5 nitrogen and oxygen atoms in total. The van der Waals surface area contributed by atoms with Gasteiger partial charge in [0.2, 0.25) is 0 Å². The number of halogens is 2. The van der Waals surface area contributed by atoms with E-state index in [1.165, 1.54) is 0 Å². The Hall–Kier alpha value is -1.82. The van der Waals surface area contributed by atoms with Crippen LogP contribution in [0.4, 0.5) is 5.69 Å². The van der Waals surface area contributed by atoms with E-state index in [0.717, 1.165) is 42.7 Å². The number of amides is 1. The standard InChI is InChI=1S/C20H26N4O.2ClH/c1-23(2)18-6-4-15(5-7-18)16-12-17(14-22-13-16)20(25)24(3)19-8-10-21-11-9-19;;/h4-7,12-14,19,21H,8-11H2,1-3H3;2*1H. The van der Waals surface area contributed by atoms with E-state index in [1.54, 1.807) is 6.20 Å². The highest BCUT2D eigenvalue weighted by Crippen LogP contribution is 2.23. The molecule has 0 bridgehead atoms. The molecule has 7 heteroatoms. The smallest absolute Gasteiger partial charge is 0.255 e. The van der Waals surface area contributed by atoms with Crippen LogP contribution in [-0.2, 0) is 0 Å². The summed E-state index contributed by atoms with van der Waals surface area (Å²) in [4.78, 5) is 21.1. The quantitative estimate of drug-likeness (QED) is 0.837. The molecule has 0 spiro atoms. The summed E-state index contributed by atoms with van der Waals surface area (Å²) >= 11 is 0. The number of piperidine rings is 1. The van der Waals surface area contributed by atoms with Crippen LogP contribution in [-0.4, -0.2) is 56.1 Å². The van der Waals surface area contributed by atoms with Crippen LogP contribution < -0.4 is 10.2 Å². The summed E-state index contributed by atoms with van der Waals surface area (Å²) in [6, 6.07) is 10.5. The van der Waals surface area contributed by atoms with Crippen LogP contribution >= 0.6 is 24.8 Å². The minimum absolute atomic E-state index is 0. The monoisotopic (exact) mass is 410 g/mol. The van der Waals surface area contributed by atoms with E-state index >= 15 is 0 Å². The number of rotatable bonds is 4. The van der Waals surface area contributed by atoms with Gasteiger partial charge in [-0.3, -0.25) is 9.78 Å². The van der Waals surface area contributed by atoms with Crippen LogP contribution in [0.15, 0.2) is 42.7 Å². The molecule has 0 saturated carbocycles. The molecule has 0 atom stereocenters. The van der Waals surface area contributed by atoms with Gasteiger partial charge in [0.25, 0.3) is 5.91 Å². The number of hydrogen-bond donors (Lipinski definition) is 1. The second kappa shape index (κ2) is 10.5. The van der Waals surface area contributed by atoms with Crippen molar-refractivity contribution in [1.29, 1.82) is 0 Å². The summed E-state index contributed by atoms with van der Waals surface area (Å²) in [6.07, 6.45) is 5.48. The van der Waals surface area contributed by atoms with Crippen LogP contribution in [0.25, 0.3) is 11.1 Å². The molecule has 1 aliphatic rings. The Bertz CT molecular complexity index is 731. The van der Waals surface area contributed by atoms with Crippen molar-refractivity contribution in [1.82, 2.24) is 15.2 Å². The van der Waals surface area contributed by atoms with Gasteiger partial charge in [0.15, 0.2) is 0 Å². The molecule has 1 aromatic carbocycles. The summed E-state index contributed by atoms with van der Waals surface area (Å²) in [5, 5.41) is 3.34. The molecule has 0 aliphatic carbocycles. The number of hydrogen-bond acceptors (Lipinski definition) is 4. The molecule has 1 amide bonds. The molecule has 1 aliphatic heterocycles. The Labute approximate surface area is 174 Å². The van der Waals surface area contributed by atoms with Gasteiger partial charge in [0.05, 0.1) is 5.56 Å². The Balaban J connectivity index is 0.00000182. The lowest BCUT2D eigenvalue weighted by Crippen LogP contribution is -2.44. The van der Waals surface area contributed by atoms with Crippen molar-refractivity contribution >= 4 is 36.4 Å². The first kappa shape index (κ1) is 23.2. The number of nitrogens with zero attached hydrogens (tertiary/aromatic N) is 3. The van der Waals surface area contributed by atoms with E-state index in [4.69, 9.17) is 0 Å². The average molecular weight is 411 g/mol. The predicted molar refractivity (Wildman–Crippen MR) is 116 cm³/mol. The Morgan fingerprint density at radius 2 is 1.63 bits per heavy atom. The van der Waals surface area contributed by atoms with Gasteiger partial charge in [-0.05, 0) is 49.7 Å². The number of nitrogens with one attached hydrogen (secondary N) is 1. The van der Waals surface area contributed by atoms with Gasteiger partial charge in [-0.1, -0.05) is 12.1 Å². The van der Waals surface area contributed by atoms with Crippen molar-refractivity contribution in [3.63, 3.8) is 0 Å². The van der Waals surface area contributed by atoms with Crippen molar-refractivity contribution in [2.45, 2.75) is 18.9 Å². The minimum atomic E-state index is 0. The van der Waals surface area contributed by atoms with E-state index in [0.29, 0.717) is 11.6 Å². The zero-order chi connectivity index (χ0) is 17.8. The number of carbonyl (C=O) groups is 1. The van der Waals surface area contributed by atoms with Crippen molar-refractivity contribution in [3.05, 3.63) is 48.3 Å². The van der Waals surface area contributed by atoms with E-state index in [1.807, 2.05) is 38.3 Å². The molecule has 27 heavy (non-hydrogen) atoms. The number of benzene rings is 1. The molecule has 2 aromatic rings. The SMILES string of the molecule is CN(C)c1ccc(-c2cncc(C(=O)N(C)C3CCNCC3)c2)cc1.Cl.Cl. The van der Waals surface area contributed by atoms with Gasteiger partial charge in [-0.2, -0.15) is 0 Å². The molecule has 1 saturated heterocycles. The summed E-state index contributed by atoms with van der Waals surface area (Å²) in [5.41, 5.74) is 3.83. The Morgan fingerprint density at radius 1 is 1.00 bits per heavy atom. The summed E-state index contributed by atoms with van der Waals surface area (Å²) in [7, 11) is 5.94. The van der Waals surface area contributed by atoms with Crippen molar-refractivity contribution in [3.8, 4) is 11.1 Å². The van der Waals surface area contributed by atoms with Crippen molar-refractivity contribution < 1.29 is 4.79 Å². The normalized spacial score (nSPS) is 13.9. The molecule has 1 N–H and O–H groups in total. The first-order chi connectivity index (χ1) is 12.1. The first-order valence-electron chi connectivity index (χ1n) is 8.77. The maximum atomic E-state index is 12.8. The highest BCUT2D eigenvalue weighted by molar-refractivity contribution is 5.95. The van der Waals surface area contributed by atoms with Crippen LogP contribution in [0.2, 0.25) is 0 Å². The van der Waals surface area contributed by atoms with Gasteiger partial charge >= 0.3 is 0 Å². The number of pyridine rings is 1. The molecule has 148 valence electrons. The molecule has 1 fully saturated rings. The number of anilines is 1. The summed E-state index contributed by atoms with van der Waals surface area (Å²) < 4.78 is 0. The molecular formula is C20H28Cl2N4O. The van der Waals surface area contributed by atoms with Gasteiger partial charge < -0.3 is 15.1 Å². The van der Waals surface area contributed by atoms with E-state index in [2.05, 4.69) is 39.5 Å². The van der Waals surface area contributed by atoms with Crippen molar-refractivity contribution in [2.75, 3.05) is 39.1 Å². The zero-order valence-electron chi connectivity index (χ0n) is 16.0. The highest BCUT2D eigenvalue weighted by Gasteiger charge is 2.23. The zero-order valence-corrected chi connectivity index (χ0v) is 17.6. The topological polar surface area (TPSA) is 48.5 Å². The number of carbonyl (C=O) groups excluding carboxylic acids is 1. The third kappa shape index (κ3) is 5.58. The first-order valence-corrected chi connectivity index (χ1v) is 8.77. The second-order valence-corrected chi connectivity index (χ2v) is 6.80. The largest absolute Gasteiger partial charge is 0.378 e. The second-order valence-electron chi connectivity index (χ2n) is 6.80. The third-order valence-corrected chi connectivity index (χ3v) is 4.88. The van der Waals surface area contributed by atoms with Crippen LogP contribution in [0.1, 0.15) is 23.2 Å². The maximum absolute atomic E-state index is 12.8. The van der Waals surface area contributed by atoms with E-state index < -0.39 is 0 Å². The van der Waals surface area contributed by atoms with Gasteiger partial charge in [0.1, 0.15) is 0 Å². The fourth-order valence-corrected chi connectivity index (χ4v) is 3.23. The lowest BCUT2D eigenvalue weighted by atomic mass is 10.0. The summed E-state index contributed by atoms with van der Waals surface area (Å²) in [5.74, 6) is 0.0474. The molecule has 0 unspecified atom stereocenters. The number of aromatic nitrogens is 1. The van der Waals surface area contributed by atoms with E-state index in [9.17, 15) is 4.79 Å².